The molecule has 1 N–H and O–H groups in total. The highest BCUT2D eigenvalue weighted by molar-refractivity contribution is 7.13. The summed E-state index contributed by atoms with van der Waals surface area (Å²) >= 11 is 2.84. The van der Waals surface area contributed by atoms with Gasteiger partial charge in [0.2, 0.25) is 5.91 Å². The van der Waals surface area contributed by atoms with Crippen LogP contribution in [-0.4, -0.2) is 20.1 Å². The molecule has 8 heteroatoms. The van der Waals surface area contributed by atoms with Gasteiger partial charge < -0.3 is 5.32 Å². The third kappa shape index (κ3) is 4.15. The van der Waals surface area contributed by atoms with Crippen molar-refractivity contribution in [1.82, 2.24) is 14.2 Å². The first kappa shape index (κ1) is 16.5. The standard InChI is InChI=1S/C16H16N4O2S2/c1-11-10-15(24-19-11)17-14(21)5-2-8-20-16(22)7-6-12(18-20)13-4-3-9-23-13/h3-4,6-7,9-10H,2,5,8H2,1H3,(H,17,21). The van der Waals surface area contributed by atoms with Crippen LogP contribution in [0.1, 0.15) is 18.5 Å². The Hall–Kier alpha value is -2.32. The van der Waals surface area contributed by atoms with Gasteiger partial charge in [-0.25, -0.2) is 4.68 Å². The van der Waals surface area contributed by atoms with E-state index >= 15 is 0 Å². The maximum atomic E-state index is 11.9. The molecule has 0 aromatic carbocycles. The number of carbonyl (C=O) groups is 1. The minimum atomic E-state index is -0.159. The number of hydrogen-bond acceptors (Lipinski definition) is 6. The molecule has 0 aliphatic carbocycles. The van der Waals surface area contributed by atoms with Crippen LogP contribution >= 0.6 is 22.9 Å². The maximum Gasteiger partial charge on any atom is 0.266 e. The summed E-state index contributed by atoms with van der Waals surface area (Å²) in [5, 5.41) is 9.90. The van der Waals surface area contributed by atoms with E-state index in [0.29, 0.717) is 19.4 Å². The molecule has 124 valence electrons. The minimum Gasteiger partial charge on any atom is -0.316 e. The van der Waals surface area contributed by atoms with E-state index in [1.807, 2.05) is 30.5 Å². The Morgan fingerprint density at radius 1 is 1.33 bits per heavy atom. The number of aryl methyl sites for hydroxylation is 2. The van der Waals surface area contributed by atoms with E-state index in [4.69, 9.17) is 0 Å². The van der Waals surface area contributed by atoms with Crippen LogP contribution in [0.15, 0.2) is 40.5 Å². The average molecular weight is 360 g/mol. The maximum absolute atomic E-state index is 11.9. The Morgan fingerprint density at radius 3 is 2.92 bits per heavy atom. The number of carbonyl (C=O) groups excluding carboxylic acids is 1. The zero-order chi connectivity index (χ0) is 16.9. The molecule has 6 nitrogen and oxygen atoms in total. The second-order valence-electron chi connectivity index (χ2n) is 5.24. The number of nitrogens with one attached hydrogen (secondary N) is 1. The van der Waals surface area contributed by atoms with E-state index < -0.39 is 0 Å². The van der Waals surface area contributed by atoms with Gasteiger partial charge in [-0.3, -0.25) is 9.59 Å². The van der Waals surface area contributed by atoms with Crippen molar-refractivity contribution in [2.45, 2.75) is 26.3 Å². The number of rotatable bonds is 6. The second-order valence-corrected chi connectivity index (χ2v) is 6.99. The predicted octanol–water partition coefficient (Wildman–Crippen LogP) is 3.16. The van der Waals surface area contributed by atoms with E-state index in [1.165, 1.54) is 22.3 Å². The molecular formula is C16H16N4O2S2. The van der Waals surface area contributed by atoms with Crippen LogP contribution in [0.3, 0.4) is 0 Å². The van der Waals surface area contributed by atoms with Gasteiger partial charge >= 0.3 is 0 Å². The highest BCUT2D eigenvalue weighted by atomic mass is 32.1. The van der Waals surface area contributed by atoms with Crippen molar-refractivity contribution in [1.29, 1.82) is 0 Å². The molecule has 0 saturated heterocycles. The van der Waals surface area contributed by atoms with Gasteiger partial charge in [-0.1, -0.05) is 6.07 Å². The molecule has 0 fully saturated rings. The lowest BCUT2D eigenvalue weighted by Crippen LogP contribution is -2.23. The summed E-state index contributed by atoms with van der Waals surface area (Å²) in [5.74, 6) is -0.0823. The second kappa shape index (κ2) is 7.50. The van der Waals surface area contributed by atoms with Crippen LogP contribution < -0.4 is 10.9 Å². The first-order valence-electron chi connectivity index (χ1n) is 7.47. The van der Waals surface area contributed by atoms with Crippen molar-refractivity contribution >= 4 is 33.8 Å². The first-order valence-corrected chi connectivity index (χ1v) is 9.12. The Morgan fingerprint density at radius 2 is 2.21 bits per heavy atom. The molecule has 24 heavy (non-hydrogen) atoms. The van der Waals surface area contributed by atoms with Gasteiger partial charge in [0.05, 0.1) is 10.6 Å². The van der Waals surface area contributed by atoms with Crippen molar-refractivity contribution in [3.05, 3.63) is 51.8 Å². The van der Waals surface area contributed by atoms with Gasteiger partial charge in [0, 0.05) is 19.0 Å². The SMILES string of the molecule is Cc1cc(NC(=O)CCCn2nc(-c3cccs3)ccc2=O)sn1. The molecule has 3 heterocycles. The number of anilines is 1. The fourth-order valence-corrected chi connectivity index (χ4v) is 3.54. The van der Waals surface area contributed by atoms with Crippen molar-refractivity contribution < 1.29 is 4.79 Å². The lowest BCUT2D eigenvalue weighted by Gasteiger charge is -2.06. The van der Waals surface area contributed by atoms with Crippen LogP contribution in [0.4, 0.5) is 5.00 Å². The topological polar surface area (TPSA) is 76.9 Å². The Labute approximate surface area is 147 Å². The molecule has 0 spiro atoms. The van der Waals surface area contributed by atoms with E-state index in [1.54, 1.807) is 17.4 Å². The number of hydrogen-bond donors (Lipinski definition) is 1. The van der Waals surface area contributed by atoms with Crippen molar-refractivity contribution in [3.63, 3.8) is 0 Å². The van der Waals surface area contributed by atoms with Crippen LogP contribution in [0.5, 0.6) is 0 Å². The van der Waals surface area contributed by atoms with Crippen molar-refractivity contribution in [2.75, 3.05) is 5.32 Å². The molecule has 0 atom stereocenters. The molecular weight excluding hydrogens is 344 g/mol. The molecule has 0 radical (unpaired) electrons. The fourth-order valence-electron chi connectivity index (χ4n) is 2.18. The molecule has 0 unspecified atom stereocenters. The van der Waals surface area contributed by atoms with Gasteiger partial charge in [0.1, 0.15) is 10.7 Å². The highest BCUT2D eigenvalue weighted by Gasteiger charge is 2.07. The summed E-state index contributed by atoms with van der Waals surface area (Å²) in [6, 6.07) is 8.99. The molecule has 1 amide bonds. The third-order valence-corrected chi connectivity index (χ3v) is 4.99. The average Bonchev–Trinajstić information content (AvgIpc) is 3.21. The Balaban J connectivity index is 1.57. The monoisotopic (exact) mass is 360 g/mol. The minimum absolute atomic E-state index is 0.0823. The van der Waals surface area contributed by atoms with E-state index in [9.17, 15) is 9.59 Å². The lowest BCUT2D eigenvalue weighted by atomic mass is 10.3. The van der Waals surface area contributed by atoms with Gasteiger partial charge in [-0.05, 0) is 48.5 Å². The van der Waals surface area contributed by atoms with Crippen LogP contribution in [0.2, 0.25) is 0 Å². The number of thiophene rings is 1. The van der Waals surface area contributed by atoms with E-state index in [2.05, 4.69) is 14.8 Å². The summed E-state index contributed by atoms with van der Waals surface area (Å²) < 4.78 is 5.53. The van der Waals surface area contributed by atoms with Crippen molar-refractivity contribution in [3.8, 4) is 10.6 Å². The third-order valence-electron chi connectivity index (χ3n) is 3.30. The smallest absolute Gasteiger partial charge is 0.266 e. The molecule has 3 aromatic rings. The van der Waals surface area contributed by atoms with Crippen LogP contribution in [0.25, 0.3) is 10.6 Å². The number of amides is 1. The van der Waals surface area contributed by atoms with Gasteiger partial charge in [0.25, 0.3) is 5.56 Å². The zero-order valence-electron chi connectivity index (χ0n) is 13.1. The number of aromatic nitrogens is 3. The fraction of sp³-hybridized carbons (Fsp3) is 0.250. The zero-order valence-corrected chi connectivity index (χ0v) is 14.7. The summed E-state index contributed by atoms with van der Waals surface area (Å²) in [6.07, 6.45) is 0.874. The first-order chi connectivity index (χ1) is 11.6. The molecule has 0 bridgehead atoms. The normalized spacial score (nSPS) is 10.7. The summed E-state index contributed by atoms with van der Waals surface area (Å²) in [5.41, 5.74) is 1.50. The summed E-state index contributed by atoms with van der Waals surface area (Å²) in [7, 11) is 0. The van der Waals surface area contributed by atoms with Gasteiger partial charge in [-0.15, -0.1) is 11.3 Å². The van der Waals surface area contributed by atoms with Gasteiger partial charge in [-0.2, -0.15) is 9.47 Å². The largest absolute Gasteiger partial charge is 0.316 e. The van der Waals surface area contributed by atoms with Crippen molar-refractivity contribution in [2.24, 2.45) is 0 Å². The molecule has 3 aromatic heterocycles. The Bertz CT molecular complexity index is 884. The summed E-state index contributed by atoms with van der Waals surface area (Å²) in [4.78, 5) is 24.8. The molecule has 0 aliphatic rings. The predicted molar refractivity (Wildman–Crippen MR) is 96.5 cm³/mol. The highest BCUT2D eigenvalue weighted by Crippen LogP contribution is 2.21. The van der Waals surface area contributed by atoms with Crippen LogP contribution in [0, 0.1) is 6.92 Å². The molecule has 3 rings (SSSR count). The van der Waals surface area contributed by atoms with Gasteiger partial charge in [0.15, 0.2) is 0 Å². The lowest BCUT2D eigenvalue weighted by molar-refractivity contribution is -0.116. The van der Waals surface area contributed by atoms with E-state index in [0.717, 1.165) is 21.3 Å². The number of nitrogens with zero attached hydrogens (tertiary/aromatic N) is 3. The quantitative estimate of drug-likeness (QED) is 0.732. The molecule has 0 aliphatic heterocycles. The van der Waals surface area contributed by atoms with E-state index in [-0.39, 0.29) is 11.5 Å². The summed E-state index contributed by atoms with van der Waals surface area (Å²) in [6.45, 7) is 2.29. The Kier molecular flexibility index (Phi) is 5.17. The van der Waals surface area contributed by atoms with Crippen LogP contribution in [-0.2, 0) is 11.3 Å². The molecule has 0 saturated carbocycles.